The minimum atomic E-state index is -4.70. The quantitative estimate of drug-likeness (QED) is 0.697. The van der Waals surface area contributed by atoms with Crippen LogP contribution in [0.1, 0.15) is 25.6 Å². The molecule has 0 bridgehead atoms. The zero-order chi connectivity index (χ0) is 11.5. The molecule has 15 heavy (non-hydrogen) atoms. The molecule has 1 rings (SSSR count). The lowest BCUT2D eigenvalue weighted by molar-refractivity contribution is -0.152. The molecule has 0 aliphatic heterocycles. The first-order valence-electron chi connectivity index (χ1n) is 4.02. The molecule has 9 heteroatoms. The van der Waals surface area contributed by atoms with E-state index in [4.69, 9.17) is 0 Å². The van der Waals surface area contributed by atoms with Crippen LogP contribution in [0, 0.1) is 0 Å². The Balaban J connectivity index is 2.65. The van der Waals surface area contributed by atoms with E-state index in [-0.39, 0.29) is 11.4 Å². The van der Waals surface area contributed by atoms with E-state index >= 15 is 0 Å². The highest BCUT2D eigenvalue weighted by Crippen LogP contribution is 2.24. The largest absolute Gasteiger partial charge is 0.455 e. The van der Waals surface area contributed by atoms with Gasteiger partial charge in [-0.3, -0.25) is 0 Å². The van der Waals surface area contributed by atoms with E-state index in [2.05, 4.69) is 20.2 Å². The van der Waals surface area contributed by atoms with Gasteiger partial charge in [0.1, 0.15) is 0 Å². The molecule has 84 valence electrons. The number of carbonyl (C=O) groups excluding carboxylic acids is 1. The van der Waals surface area contributed by atoms with Crippen molar-refractivity contribution in [3.8, 4) is 0 Å². The predicted molar refractivity (Wildman–Crippen MR) is 39.3 cm³/mol. The van der Waals surface area contributed by atoms with Crippen LogP contribution in [0.3, 0.4) is 0 Å². The summed E-state index contributed by atoms with van der Waals surface area (Å²) in [4.78, 5) is 15.3. The zero-order valence-electron chi connectivity index (χ0n) is 7.65. The smallest absolute Gasteiger partial charge is 0.301 e. The molecule has 1 aromatic heterocycles. The van der Waals surface area contributed by atoms with Crippen LogP contribution in [0.5, 0.6) is 0 Å². The lowest BCUT2D eigenvalue weighted by Gasteiger charge is -1.98. The van der Waals surface area contributed by atoms with Crippen LogP contribution in [-0.2, 0) is 11.0 Å². The average molecular weight is 224 g/mol. The van der Waals surface area contributed by atoms with Crippen LogP contribution in [0.25, 0.3) is 0 Å². The molecule has 1 heterocycles. The maximum Gasteiger partial charge on any atom is 0.455 e. The number of nitrogens with zero attached hydrogens (tertiary/aromatic N) is 4. The molecule has 1 aromatic rings. The van der Waals surface area contributed by atoms with Crippen molar-refractivity contribution in [2.45, 2.75) is 25.9 Å². The number of rotatable bonds is 3. The van der Waals surface area contributed by atoms with E-state index in [1.807, 2.05) is 0 Å². The van der Waals surface area contributed by atoms with Crippen LogP contribution in [-0.4, -0.2) is 26.3 Å². The second-order valence-electron chi connectivity index (χ2n) is 2.58. The van der Waals surface area contributed by atoms with Gasteiger partial charge in [-0.2, -0.15) is 13.2 Å². The van der Waals surface area contributed by atoms with Crippen LogP contribution in [0.2, 0.25) is 0 Å². The lowest BCUT2D eigenvalue weighted by atomic mass is 10.3. The highest BCUT2D eigenvalue weighted by atomic mass is 19.4. The number of aromatic nitrogens is 4. The van der Waals surface area contributed by atoms with Crippen molar-refractivity contribution in [2.24, 2.45) is 0 Å². The zero-order valence-corrected chi connectivity index (χ0v) is 7.65. The van der Waals surface area contributed by atoms with E-state index in [0.717, 1.165) is 0 Å². The van der Waals surface area contributed by atoms with Crippen LogP contribution >= 0.6 is 0 Å². The molecule has 0 aromatic carbocycles. The van der Waals surface area contributed by atoms with Crippen LogP contribution in [0.4, 0.5) is 13.2 Å². The predicted octanol–water partition coefficient (Wildman–Crippen LogP) is 0.447. The number of alkyl halides is 3. The first-order valence-corrected chi connectivity index (χ1v) is 4.02. The summed E-state index contributed by atoms with van der Waals surface area (Å²) in [5.41, 5.74) is 0. The van der Waals surface area contributed by atoms with Gasteiger partial charge in [-0.1, -0.05) is 12.0 Å². The highest BCUT2D eigenvalue weighted by Gasteiger charge is 2.37. The lowest BCUT2D eigenvalue weighted by Crippen LogP contribution is -2.22. The minimum absolute atomic E-state index is 0.0723. The number of hydrogen-bond acceptors (Lipinski definition) is 5. The maximum atomic E-state index is 12.0. The molecule has 0 radical (unpaired) electrons. The third-order valence-electron chi connectivity index (χ3n) is 1.29. The molecule has 0 fully saturated rings. The van der Waals surface area contributed by atoms with E-state index in [0.29, 0.717) is 6.42 Å². The second-order valence-corrected chi connectivity index (χ2v) is 2.58. The van der Waals surface area contributed by atoms with Crippen molar-refractivity contribution in [3.63, 3.8) is 0 Å². The molecule has 0 aliphatic carbocycles. The third-order valence-corrected chi connectivity index (χ3v) is 1.29. The molecule has 0 saturated heterocycles. The molecule has 0 atom stereocenters. The number of tetrazole rings is 1. The van der Waals surface area contributed by atoms with Gasteiger partial charge in [-0.05, 0) is 11.6 Å². The molecule has 0 unspecified atom stereocenters. The Morgan fingerprint density at radius 3 is 2.67 bits per heavy atom. The SMILES string of the molecule is CCCC(=O)On1nnc(C(F)(F)F)n1. The van der Waals surface area contributed by atoms with Crippen molar-refractivity contribution in [1.29, 1.82) is 0 Å². The number of hydrogen-bond donors (Lipinski definition) is 0. The summed E-state index contributed by atoms with van der Waals surface area (Å²) in [7, 11) is 0. The van der Waals surface area contributed by atoms with E-state index < -0.39 is 18.0 Å². The Morgan fingerprint density at radius 2 is 2.20 bits per heavy atom. The number of halogens is 3. The fourth-order valence-electron chi connectivity index (χ4n) is 0.695. The summed E-state index contributed by atoms with van der Waals surface area (Å²) in [6.07, 6.45) is -4.11. The Morgan fingerprint density at radius 1 is 1.53 bits per heavy atom. The van der Waals surface area contributed by atoms with E-state index in [1.165, 1.54) is 0 Å². The molecule has 0 N–H and O–H groups in total. The summed E-state index contributed by atoms with van der Waals surface area (Å²) in [5, 5.41) is 8.43. The summed E-state index contributed by atoms with van der Waals surface area (Å²) < 4.78 is 35.9. The van der Waals surface area contributed by atoms with Gasteiger partial charge < -0.3 is 4.84 Å². The van der Waals surface area contributed by atoms with Gasteiger partial charge in [-0.25, -0.2) is 4.79 Å². The van der Waals surface area contributed by atoms with Gasteiger partial charge in [-0.15, -0.1) is 5.10 Å². The second kappa shape index (κ2) is 4.24. The van der Waals surface area contributed by atoms with Crippen molar-refractivity contribution in [1.82, 2.24) is 20.4 Å². The van der Waals surface area contributed by atoms with Crippen LogP contribution < -0.4 is 4.84 Å². The summed E-state index contributed by atoms with van der Waals surface area (Å²) >= 11 is 0. The fourth-order valence-corrected chi connectivity index (χ4v) is 0.695. The van der Waals surface area contributed by atoms with Crippen molar-refractivity contribution in [3.05, 3.63) is 5.82 Å². The standard InChI is InChI=1S/C6H7F3N4O2/c1-2-3-4(14)15-13-11-5(10-12-13)6(7,8)9/h2-3H2,1H3. The van der Waals surface area contributed by atoms with Gasteiger partial charge >= 0.3 is 12.1 Å². The molecule has 0 spiro atoms. The Bertz CT molecular complexity index is 348. The molecule has 0 aliphatic rings. The highest BCUT2D eigenvalue weighted by molar-refractivity contribution is 5.69. The first kappa shape index (κ1) is 11.4. The maximum absolute atomic E-state index is 12.0. The van der Waals surface area contributed by atoms with E-state index in [9.17, 15) is 18.0 Å². The number of carbonyl (C=O) groups is 1. The van der Waals surface area contributed by atoms with Crippen LogP contribution in [0.15, 0.2) is 0 Å². The summed E-state index contributed by atoms with van der Waals surface area (Å²) in [6.45, 7) is 1.72. The average Bonchev–Trinajstić information content (AvgIpc) is 2.52. The monoisotopic (exact) mass is 224 g/mol. The first-order chi connectivity index (χ1) is 6.93. The molecule has 0 amide bonds. The van der Waals surface area contributed by atoms with Gasteiger partial charge in [0.05, 0.1) is 0 Å². The third kappa shape index (κ3) is 3.18. The molecular weight excluding hydrogens is 217 g/mol. The Kier molecular flexibility index (Phi) is 3.22. The summed E-state index contributed by atoms with van der Waals surface area (Å²) in [6, 6.07) is 0. The van der Waals surface area contributed by atoms with Gasteiger partial charge in [0.25, 0.3) is 5.82 Å². The Labute approximate surface area is 82.0 Å². The summed E-state index contributed by atoms with van der Waals surface area (Å²) in [5.74, 6) is -2.17. The van der Waals surface area contributed by atoms with Gasteiger partial charge in [0.15, 0.2) is 0 Å². The normalized spacial score (nSPS) is 11.5. The topological polar surface area (TPSA) is 69.9 Å². The Hall–Kier alpha value is -1.67. The fraction of sp³-hybridized carbons (Fsp3) is 0.667. The molecule has 0 saturated carbocycles. The minimum Gasteiger partial charge on any atom is -0.301 e. The van der Waals surface area contributed by atoms with Crippen molar-refractivity contribution >= 4 is 5.97 Å². The van der Waals surface area contributed by atoms with Gasteiger partial charge in [0, 0.05) is 11.4 Å². The molecular formula is C6H7F3N4O2. The molecule has 6 nitrogen and oxygen atoms in total. The van der Waals surface area contributed by atoms with Crippen molar-refractivity contribution < 1.29 is 22.8 Å². The van der Waals surface area contributed by atoms with E-state index in [1.54, 1.807) is 6.92 Å². The van der Waals surface area contributed by atoms with Crippen molar-refractivity contribution in [2.75, 3.05) is 0 Å². The van der Waals surface area contributed by atoms with Gasteiger partial charge in [0.2, 0.25) is 0 Å².